The number of hydrogen-bond acceptors (Lipinski definition) is 28. The second-order valence-electron chi connectivity index (χ2n) is 20.8. The molecular formula is C66H99N33O4S2. The topological polar surface area (TPSA) is 502 Å². The third kappa shape index (κ3) is 50.6. The van der Waals surface area contributed by atoms with Crippen LogP contribution in [0.1, 0.15) is 114 Å². The molecule has 0 radical (unpaired) electrons. The molecule has 15 aromatic rings. The Morgan fingerprint density at radius 1 is 0.505 bits per heavy atom. The summed E-state index contributed by atoms with van der Waals surface area (Å²) < 4.78 is 11.4. The van der Waals surface area contributed by atoms with Gasteiger partial charge in [-0.2, -0.15) is 45.9 Å². The molecule has 0 spiro atoms. The molecule has 0 fully saturated rings. The summed E-state index contributed by atoms with van der Waals surface area (Å²) >= 11 is 3.40. The first-order valence-electron chi connectivity index (χ1n) is 31.8. The number of methoxy groups -OCH3 is 2. The summed E-state index contributed by atoms with van der Waals surface area (Å²) in [5.74, 6) is 10.4. The number of aliphatic hydroxyl groups is 1. The van der Waals surface area contributed by atoms with E-state index in [0.29, 0.717) is 23.5 Å². The second-order valence-corrected chi connectivity index (χ2v) is 23.3. The van der Waals surface area contributed by atoms with Gasteiger partial charge in [0.25, 0.3) is 0 Å². The highest BCUT2D eigenvalue weighted by Crippen LogP contribution is 2.08. The van der Waals surface area contributed by atoms with Crippen molar-refractivity contribution >= 4 is 22.7 Å². The molecule has 0 aliphatic heterocycles. The Morgan fingerprint density at radius 3 is 1.39 bits per heavy atom. The minimum absolute atomic E-state index is 0.0929. The summed E-state index contributed by atoms with van der Waals surface area (Å²) in [6.45, 7) is 34.4. The largest absolute Gasteiger partial charge is 0.481 e. The Morgan fingerprint density at radius 2 is 1.19 bits per heavy atom. The zero-order chi connectivity index (χ0) is 78.0. The molecule has 0 saturated heterocycles. The zero-order valence-corrected chi connectivity index (χ0v) is 64.9. The maximum absolute atomic E-state index is 10.1. The van der Waals surface area contributed by atoms with Crippen molar-refractivity contribution in [1.82, 2.24) is 166 Å². The number of rotatable bonds is 4. The fourth-order valence-corrected chi connectivity index (χ4v) is 7.14. The predicted molar refractivity (Wildman–Crippen MR) is 402 cm³/mol. The molecule has 0 aliphatic rings. The lowest BCUT2D eigenvalue weighted by molar-refractivity contribution is 0.272. The average molecular weight is 1480 g/mol. The van der Waals surface area contributed by atoms with Crippen LogP contribution in [-0.4, -0.2) is 185 Å². The molecule has 0 aliphatic carbocycles. The van der Waals surface area contributed by atoms with Crippen LogP contribution in [0.3, 0.4) is 0 Å². The summed E-state index contributed by atoms with van der Waals surface area (Å²) in [6.07, 6.45) is 23.6. The van der Waals surface area contributed by atoms with E-state index in [1.807, 2.05) is 176 Å². The number of nitrogens with one attached hydrogen (secondary N) is 10. The van der Waals surface area contributed by atoms with E-state index < -0.39 is 0 Å². The molecular weight excluding hydrogens is 1380 g/mol. The van der Waals surface area contributed by atoms with Gasteiger partial charge in [0.2, 0.25) is 5.88 Å². The average Bonchev–Trinajstić information content (AvgIpc) is 1.84. The molecule has 15 aromatic heterocycles. The number of aryl methyl sites for hydroxylation is 19. The van der Waals surface area contributed by atoms with Crippen molar-refractivity contribution < 1.29 is 14.6 Å². The third-order valence-electron chi connectivity index (χ3n) is 11.1. The van der Waals surface area contributed by atoms with E-state index in [9.17, 15) is 4.79 Å². The molecule has 105 heavy (non-hydrogen) atoms. The number of thiazole rings is 2. The SMILES string of the molecule is CCc1n[nH]c(C)n1.COc1cnc(C)[nH]1.COc1n[nH]c(C)n1.Cc1ccccn1.Cc1cccnc1.Cc1ccncc1.Cc1cn[nH]n1.Cc1cnc(C)s1.Cc1n[nH]c(=O)[nH]1.Cc1n[nH]c(C)n1.Cc1nc(CO)n[nH]1.Cc1ncc[nH]1.Cc1nccs1.Cc1ncn[nH]1.Cc1nncn1C. The molecule has 0 unspecified atom stereocenters. The zero-order valence-electron chi connectivity index (χ0n) is 63.3. The van der Waals surface area contributed by atoms with Gasteiger partial charge in [-0.1, -0.05) is 19.1 Å². The van der Waals surface area contributed by atoms with Crippen LogP contribution in [0.25, 0.3) is 0 Å². The highest BCUT2D eigenvalue weighted by molar-refractivity contribution is 7.11. The van der Waals surface area contributed by atoms with Crippen LogP contribution >= 0.6 is 22.7 Å². The normalized spacial score (nSPS) is 9.16. The van der Waals surface area contributed by atoms with Gasteiger partial charge >= 0.3 is 11.7 Å². The number of H-pyrrole nitrogens is 10. The molecule has 37 nitrogen and oxygen atoms in total. The van der Waals surface area contributed by atoms with Crippen LogP contribution in [0.4, 0.5) is 0 Å². The minimum Gasteiger partial charge on any atom is -0.481 e. The third-order valence-corrected chi connectivity index (χ3v) is 12.7. The quantitative estimate of drug-likeness (QED) is 0.0781. The molecule has 39 heteroatoms. The fraction of sp³-hybridized carbons (Fsp3) is 0.348. The minimum atomic E-state index is -0.252. The number of pyridine rings is 3. The van der Waals surface area contributed by atoms with E-state index in [1.165, 1.54) is 29.4 Å². The Bertz CT molecular complexity index is 3940. The standard InChI is InChI=1S/3C6H7N.C5H9N3.C5H8N2O.C5H7NS.2C4H7N3O.2C4H7N3.C4H6N2.C4H5NS.C3H5N3O.2C3H5N3/c1-6-2-4-7-5-3-6;1-6-3-2-4-7-5-6;1-6-4-2-3-5-7-6;1-3-5-6-4(2)7-8-5;1-4-6-3-5(7-4)8-2;1-4-3-6-5(2)7-4;1-3-5-4(8-2)7-6-3;1-3-5-4(2-8)7-6-3;1-4-6-5-3-7(4)2;1-3-5-4(2)7-6-3;2*1-4-5-2-3-6-4;1-2-4-3(7)6-5-2;1-3-4-2-5-6-3;1-3-2-4-6-5-3/h3*2-5H,1H3;3H2,1-2H3,(H,6,7,8);3H,1-2H3,(H,6,7);3H,1-2H3;1-2H3,(H,5,6,7);8H,2H2,1H3,(H,5,6,7);3H,1-2H3;1-2H3,(H,5,6,7);2-3H,1H3,(H,5,6);2-3H,1H3;1H3,(H2,4,5,6,7);2*2H,1H3,(H,4,5,6). The molecule has 11 N–H and O–H groups in total. The number of aromatic amines is 10. The van der Waals surface area contributed by atoms with E-state index in [0.717, 1.165) is 86.1 Å². The molecule has 15 heterocycles. The molecule has 15 rings (SSSR count). The second kappa shape index (κ2) is 56.3. The van der Waals surface area contributed by atoms with E-state index in [1.54, 1.807) is 106 Å². The summed E-state index contributed by atoms with van der Waals surface area (Å²) in [7, 11) is 5.05. The van der Waals surface area contributed by atoms with Crippen molar-refractivity contribution in [1.29, 1.82) is 0 Å². The first-order chi connectivity index (χ1) is 50.2. The van der Waals surface area contributed by atoms with Gasteiger partial charge in [-0.3, -0.25) is 50.4 Å². The van der Waals surface area contributed by atoms with Gasteiger partial charge in [0.05, 0.1) is 42.3 Å². The van der Waals surface area contributed by atoms with E-state index >= 15 is 0 Å². The molecule has 0 aromatic carbocycles. The number of hydrogen-bond donors (Lipinski definition) is 11. The number of aliphatic hydroxyl groups excluding tert-OH is 1. The summed E-state index contributed by atoms with van der Waals surface area (Å²) in [6, 6.07) is 14.1. The van der Waals surface area contributed by atoms with Crippen LogP contribution in [0.5, 0.6) is 11.9 Å². The first kappa shape index (κ1) is 90.6. The van der Waals surface area contributed by atoms with Crippen LogP contribution in [0.15, 0.2) is 133 Å². The van der Waals surface area contributed by atoms with Gasteiger partial charge in [0, 0.05) is 85.2 Å². The van der Waals surface area contributed by atoms with Crippen molar-refractivity contribution in [3.05, 3.63) is 246 Å². The predicted octanol–water partition coefficient (Wildman–Crippen LogP) is 9.41. The Balaban J connectivity index is 0.000000563. The van der Waals surface area contributed by atoms with E-state index in [4.69, 9.17) is 9.84 Å². The lowest BCUT2D eigenvalue weighted by Crippen LogP contribution is -2.00. The molecule has 0 atom stereocenters. The summed E-state index contributed by atoms with van der Waals surface area (Å²) in [5.41, 5.74) is 4.22. The maximum Gasteiger partial charge on any atom is 0.340 e. The lowest BCUT2D eigenvalue weighted by Gasteiger charge is -1.87. The lowest BCUT2D eigenvalue weighted by atomic mass is 10.3. The van der Waals surface area contributed by atoms with Crippen molar-refractivity contribution in [3.8, 4) is 11.9 Å². The molecule has 0 amide bonds. The highest BCUT2D eigenvalue weighted by atomic mass is 32.1. The summed E-state index contributed by atoms with van der Waals surface area (Å²) in [5, 5.41) is 67.4. The smallest absolute Gasteiger partial charge is 0.340 e. The van der Waals surface area contributed by atoms with Crippen molar-refractivity contribution in [3.63, 3.8) is 0 Å². The highest BCUT2D eigenvalue weighted by Gasteiger charge is 1.96. The van der Waals surface area contributed by atoms with Gasteiger partial charge in [0.15, 0.2) is 5.82 Å². The fourth-order valence-electron chi connectivity index (χ4n) is 6.03. The Hall–Kier alpha value is -12.4. The van der Waals surface area contributed by atoms with Crippen molar-refractivity contribution in [2.45, 2.75) is 138 Å². The number of imidazole rings is 2. The Labute approximate surface area is 617 Å². The van der Waals surface area contributed by atoms with Gasteiger partial charge in [-0.15, -0.1) is 38.0 Å². The van der Waals surface area contributed by atoms with E-state index in [-0.39, 0.29) is 12.3 Å². The number of aromatic nitrogens is 33. The van der Waals surface area contributed by atoms with Crippen molar-refractivity contribution in [2.75, 3.05) is 14.2 Å². The van der Waals surface area contributed by atoms with Gasteiger partial charge in [-0.25, -0.2) is 44.8 Å². The van der Waals surface area contributed by atoms with Crippen molar-refractivity contribution in [2.24, 2.45) is 7.05 Å². The molecule has 0 saturated carbocycles. The number of nitrogens with zero attached hydrogens (tertiary/aromatic N) is 23. The molecule has 0 bridgehead atoms. The van der Waals surface area contributed by atoms with Crippen LogP contribution < -0.4 is 15.2 Å². The van der Waals surface area contributed by atoms with Gasteiger partial charge in [-0.05, 0) is 159 Å². The monoisotopic (exact) mass is 1480 g/mol. The molecule has 564 valence electrons. The summed E-state index contributed by atoms with van der Waals surface area (Å²) in [4.78, 5) is 66.5. The van der Waals surface area contributed by atoms with Crippen LogP contribution in [0, 0.1) is 118 Å². The number of ether oxygens (including phenoxy) is 2. The Kier molecular flexibility index (Phi) is 48.6. The first-order valence-corrected chi connectivity index (χ1v) is 33.5. The maximum atomic E-state index is 10.1. The van der Waals surface area contributed by atoms with Crippen LogP contribution in [-0.2, 0) is 20.1 Å². The van der Waals surface area contributed by atoms with Crippen LogP contribution in [0.2, 0.25) is 0 Å². The van der Waals surface area contributed by atoms with Gasteiger partial charge < -0.3 is 29.1 Å². The van der Waals surface area contributed by atoms with E-state index in [2.05, 4.69) is 173 Å². The van der Waals surface area contributed by atoms with Gasteiger partial charge in [0.1, 0.15) is 83.3 Å².